The number of rotatable bonds is 6. The van der Waals surface area contributed by atoms with Gasteiger partial charge in [-0.3, -0.25) is 19.1 Å². The van der Waals surface area contributed by atoms with E-state index >= 15 is 0 Å². The molecule has 168 valence electrons. The molecule has 1 fully saturated rings. The molecule has 0 aliphatic heterocycles. The number of pyridine rings is 1. The van der Waals surface area contributed by atoms with Crippen molar-refractivity contribution in [2.75, 3.05) is 5.75 Å². The van der Waals surface area contributed by atoms with E-state index in [0.29, 0.717) is 21.4 Å². The Balaban J connectivity index is 0.000000243. The number of carbonyl (C=O) groups excluding carboxylic acids is 1. The molecule has 2 aromatic carbocycles. The Labute approximate surface area is 202 Å². The number of aliphatic carboxylic acids is 1. The second kappa shape index (κ2) is 10.1. The van der Waals surface area contributed by atoms with Crippen LogP contribution < -0.4 is 5.73 Å². The first kappa shape index (κ1) is 22.9. The SMILES string of the molecule is NC(=O)c1cccnc1.O=C(O)CSc1nnc(Br)n1-c1ccc(C2CC2)c2ccccc12. The van der Waals surface area contributed by atoms with Crippen molar-refractivity contribution >= 4 is 50.3 Å². The van der Waals surface area contributed by atoms with Gasteiger partial charge >= 0.3 is 5.97 Å². The quantitative estimate of drug-likeness (QED) is 0.357. The summed E-state index contributed by atoms with van der Waals surface area (Å²) in [5.74, 6) is -0.708. The highest BCUT2D eigenvalue weighted by molar-refractivity contribution is 9.10. The van der Waals surface area contributed by atoms with Crippen molar-refractivity contribution in [3.05, 3.63) is 76.8 Å². The molecule has 2 aromatic heterocycles. The highest BCUT2D eigenvalue weighted by atomic mass is 79.9. The third kappa shape index (κ3) is 5.40. The maximum Gasteiger partial charge on any atom is 0.313 e. The lowest BCUT2D eigenvalue weighted by Gasteiger charge is -2.13. The number of hydrogen-bond donors (Lipinski definition) is 2. The predicted octanol–water partition coefficient (Wildman–Crippen LogP) is 4.42. The van der Waals surface area contributed by atoms with E-state index in [0.717, 1.165) is 22.8 Å². The molecule has 4 aromatic rings. The normalized spacial score (nSPS) is 12.8. The van der Waals surface area contributed by atoms with Crippen LogP contribution in [0.5, 0.6) is 0 Å². The van der Waals surface area contributed by atoms with E-state index in [-0.39, 0.29) is 5.75 Å². The molecule has 1 aliphatic carbocycles. The molecule has 0 saturated heterocycles. The molecule has 1 saturated carbocycles. The van der Waals surface area contributed by atoms with Crippen LogP contribution in [-0.2, 0) is 4.79 Å². The van der Waals surface area contributed by atoms with E-state index in [2.05, 4.69) is 61.4 Å². The number of carboxylic acid groups (broad SMARTS) is 1. The molecule has 5 rings (SSSR count). The molecule has 8 nitrogen and oxygen atoms in total. The number of amides is 1. The number of fused-ring (bicyclic) bond motifs is 1. The van der Waals surface area contributed by atoms with Gasteiger partial charge in [0.2, 0.25) is 10.6 Å². The minimum Gasteiger partial charge on any atom is -0.481 e. The number of hydrogen-bond acceptors (Lipinski definition) is 6. The zero-order chi connectivity index (χ0) is 23.4. The van der Waals surface area contributed by atoms with Gasteiger partial charge in [-0.05, 0) is 63.8 Å². The topological polar surface area (TPSA) is 124 Å². The fraction of sp³-hybridized carbons (Fsp3) is 0.174. The summed E-state index contributed by atoms with van der Waals surface area (Å²) >= 11 is 4.60. The van der Waals surface area contributed by atoms with Gasteiger partial charge in [0.1, 0.15) is 0 Å². The lowest BCUT2D eigenvalue weighted by Crippen LogP contribution is -2.10. The van der Waals surface area contributed by atoms with Gasteiger partial charge < -0.3 is 10.8 Å². The molecule has 3 N–H and O–H groups in total. The summed E-state index contributed by atoms with van der Waals surface area (Å²) in [4.78, 5) is 25.0. The van der Waals surface area contributed by atoms with Crippen molar-refractivity contribution in [2.45, 2.75) is 23.9 Å². The van der Waals surface area contributed by atoms with Crippen molar-refractivity contribution in [3.8, 4) is 5.69 Å². The summed E-state index contributed by atoms with van der Waals surface area (Å²) < 4.78 is 2.44. The third-order valence-electron chi connectivity index (χ3n) is 5.06. The molecule has 0 atom stereocenters. The number of primary amides is 1. The molecule has 0 spiro atoms. The number of nitrogens with two attached hydrogens (primary N) is 1. The molecule has 1 amide bonds. The van der Waals surface area contributed by atoms with Crippen LogP contribution in [0.4, 0.5) is 0 Å². The van der Waals surface area contributed by atoms with Gasteiger partial charge in [0, 0.05) is 17.8 Å². The maximum absolute atomic E-state index is 10.9. The highest BCUT2D eigenvalue weighted by Crippen LogP contribution is 2.44. The number of carboxylic acids is 1. The predicted molar refractivity (Wildman–Crippen MR) is 130 cm³/mol. The van der Waals surface area contributed by atoms with Gasteiger partial charge in [-0.2, -0.15) is 0 Å². The molecule has 0 radical (unpaired) electrons. The summed E-state index contributed by atoms with van der Waals surface area (Å²) in [6, 6.07) is 15.9. The summed E-state index contributed by atoms with van der Waals surface area (Å²) in [6.45, 7) is 0. The molecule has 0 unspecified atom stereocenters. The van der Waals surface area contributed by atoms with Gasteiger partial charge in [0.05, 0.1) is 17.0 Å². The summed E-state index contributed by atoms with van der Waals surface area (Å²) in [6.07, 6.45) is 5.52. The minimum atomic E-state index is -0.875. The highest BCUT2D eigenvalue weighted by Gasteiger charge is 2.26. The number of carbonyl (C=O) groups is 2. The van der Waals surface area contributed by atoms with Crippen LogP contribution >= 0.6 is 27.7 Å². The van der Waals surface area contributed by atoms with Crippen LogP contribution in [0.15, 0.2) is 70.8 Å². The average molecular weight is 526 g/mol. The largest absolute Gasteiger partial charge is 0.481 e. The number of aromatic nitrogens is 4. The molecular weight excluding hydrogens is 506 g/mol. The van der Waals surface area contributed by atoms with Crippen LogP contribution in [0, 0.1) is 0 Å². The second-order valence-electron chi connectivity index (χ2n) is 7.37. The Morgan fingerprint density at radius 2 is 1.85 bits per heavy atom. The van der Waals surface area contributed by atoms with E-state index in [1.54, 1.807) is 18.3 Å². The van der Waals surface area contributed by atoms with Crippen LogP contribution in [0.25, 0.3) is 16.5 Å². The lowest BCUT2D eigenvalue weighted by atomic mass is 9.99. The fourth-order valence-corrected chi connectivity index (χ4v) is 4.66. The summed E-state index contributed by atoms with van der Waals surface area (Å²) in [5.41, 5.74) is 7.72. The van der Waals surface area contributed by atoms with Crippen molar-refractivity contribution in [1.29, 1.82) is 0 Å². The van der Waals surface area contributed by atoms with Gasteiger partial charge in [-0.15, -0.1) is 10.2 Å². The van der Waals surface area contributed by atoms with E-state index < -0.39 is 11.9 Å². The van der Waals surface area contributed by atoms with Crippen LogP contribution in [0.2, 0.25) is 0 Å². The Morgan fingerprint density at radius 3 is 2.45 bits per heavy atom. The molecular formula is C23H20BrN5O3S. The van der Waals surface area contributed by atoms with Crippen molar-refractivity contribution in [1.82, 2.24) is 19.7 Å². The number of nitrogens with zero attached hydrogens (tertiary/aromatic N) is 4. The lowest BCUT2D eigenvalue weighted by molar-refractivity contribution is -0.133. The number of benzene rings is 2. The van der Waals surface area contributed by atoms with Crippen LogP contribution in [-0.4, -0.2) is 42.5 Å². The smallest absolute Gasteiger partial charge is 0.313 e. The number of thioether (sulfide) groups is 1. The molecule has 1 aliphatic rings. The van der Waals surface area contributed by atoms with E-state index in [9.17, 15) is 9.59 Å². The van der Waals surface area contributed by atoms with E-state index in [1.807, 2.05) is 10.6 Å². The Kier molecular flexibility index (Phi) is 7.05. The zero-order valence-electron chi connectivity index (χ0n) is 17.4. The van der Waals surface area contributed by atoms with Gasteiger partial charge in [-0.25, -0.2) is 0 Å². The number of halogens is 1. The molecule has 2 heterocycles. The summed E-state index contributed by atoms with van der Waals surface area (Å²) in [7, 11) is 0. The average Bonchev–Trinajstić information content (AvgIpc) is 3.60. The van der Waals surface area contributed by atoms with E-state index in [1.165, 1.54) is 30.0 Å². The molecule has 0 bridgehead atoms. The fourth-order valence-electron chi connectivity index (χ4n) is 3.43. The Hall–Kier alpha value is -3.24. The molecule has 33 heavy (non-hydrogen) atoms. The van der Waals surface area contributed by atoms with Crippen molar-refractivity contribution in [3.63, 3.8) is 0 Å². The monoisotopic (exact) mass is 525 g/mol. The second-order valence-corrected chi connectivity index (χ2v) is 9.02. The van der Waals surface area contributed by atoms with Crippen LogP contribution in [0.1, 0.15) is 34.7 Å². The minimum absolute atomic E-state index is 0.0524. The first-order chi connectivity index (χ1) is 16.0. The van der Waals surface area contributed by atoms with Crippen LogP contribution in [0.3, 0.4) is 0 Å². The summed E-state index contributed by atoms with van der Waals surface area (Å²) in [5, 5.41) is 20.0. The Bertz CT molecular complexity index is 1310. The first-order valence-electron chi connectivity index (χ1n) is 10.1. The standard InChI is InChI=1S/C17H14BrN3O2S.C6H6N2O/c18-16-19-20-17(24-9-15(22)23)21(16)14-8-7-11(10-5-6-10)12-3-1-2-4-13(12)14;7-6(9)5-2-1-3-8-4-5/h1-4,7-8,10H,5-6,9H2,(H,22,23);1-4H,(H2,7,9). The zero-order valence-corrected chi connectivity index (χ0v) is 19.8. The van der Waals surface area contributed by atoms with Crippen molar-refractivity contribution in [2.24, 2.45) is 5.73 Å². The van der Waals surface area contributed by atoms with E-state index in [4.69, 9.17) is 10.8 Å². The Morgan fingerprint density at radius 1 is 1.09 bits per heavy atom. The third-order valence-corrected chi connectivity index (χ3v) is 6.48. The molecule has 10 heteroatoms. The van der Waals surface area contributed by atoms with Gasteiger partial charge in [0.15, 0.2) is 5.16 Å². The van der Waals surface area contributed by atoms with Gasteiger partial charge in [-0.1, -0.05) is 42.1 Å². The first-order valence-corrected chi connectivity index (χ1v) is 11.9. The van der Waals surface area contributed by atoms with Gasteiger partial charge in [0.25, 0.3) is 0 Å². The maximum atomic E-state index is 10.9. The van der Waals surface area contributed by atoms with Crippen molar-refractivity contribution < 1.29 is 14.7 Å².